The first kappa shape index (κ1) is 3.68. The van der Waals surface area contributed by atoms with E-state index < -0.39 is 0 Å². The van der Waals surface area contributed by atoms with Crippen LogP contribution in [-0.2, 0) is 0 Å². The van der Waals surface area contributed by atoms with E-state index in [0.29, 0.717) is 0 Å². The minimum Gasteiger partial charge on any atom is -0.210 e. The quantitative estimate of drug-likeness (QED) is 0.438. The van der Waals surface area contributed by atoms with E-state index in [-0.39, 0.29) is 0 Å². The van der Waals surface area contributed by atoms with Crippen molar-refractivity contribution in [3.63, 3.8) is 0 Å². The van der Waals surface area contributed by atoms with E-state index in [2.05, 4.69) is 10.9 Å². The smallest absolute Gasteiger partial charge is 0.0415 e. The first-order valence-electron chi connectivity index (χ1n) is 1.98. The average molecular weight is 83.1 g/mol. The standard InChI is InChI=1S/C4H7N2/c1-4-2-5-6-3-4/h2,6H,3H2,1H3. The number of rotatable bonds is 0. The average Bonchev–Trinajstić information content (AvgIpc) is 1.86. The highest BCUT2D eigenvalue weighted by Gasteiger charge is 1.93. The lowest BCUT2D eigenvalue weighted by Crippen LogP contribution is -2.13. The van der Waals surface area contributed by atoms with Gasteiger partial charge in [0, 0.05) is 12.7 Å². The highest BCUT2D eigenvalue weighted by atomic mass is 15.4. The van der Waals surface area contributed by atoms with Gasteiger partial charge in [0.15, 0.2) is 0 Å². The second kappa shape index (κ2) is 1.30. The van der Waals surface area contributed by atoms with Gasteiger partial charge in [0.05, 0.1) is 0 Å². The van der Waals surface area contributed by atoms with Crippen LogP contribution in [0.4, 0.5) is 0 Å². The number of nitrogens with one attached hydrogen (secondary N) is 1. The third-order valence-electron chi connectivity index (χ3n) is 0.734. The van der Waals surface area contributed by atoms with Crippen molar-refractivity contribution in [2.24, 2.45) is 0 Å². The molecule has 0 atom stereocenters. The maximum absolute atomic E-state index is 3.75. The van der Waals surface area contributed by atoms with E-state index in [1.165, 1.54) is 5.57 Å². The molecule has 2 nitrogen and oxygen atoms in total. The van der Waals surface area contributed by atoms with E-state index in [9.17, 15) is 0 Å². The summed E-state index contributed by atoms with van der Waals surface area (Å²) >= 11 is 0. The molecule has 0 amide bonds. The van der Waals surface area contributed by atoms with Crippen molar-refractivity contribution in [2.45, 2.75) is 6.92 Å². The maximum atomic E-state index is 3.75. The van der Waals surface area contributed by atoms with E-state index in [1.54, 1.807) is 0 Å². The summed E-state index contributed by atoms with van der Waals surface area (Å²) in [4.78, 5) is 0. The van der Waals surface area contributed by atoms with Crippen LogP contribution in [0.2, 0.25) is 0 Å². The monoisotopic (exact) mass is 83.1 g/mol. The van der Waals surface area contributed by atoms with Crippen LogP contribution in [0, 0.1) is 0 Å². The molecule has 0 spiro atoms. The lowest BCUT2D eigenvalue weighted by atomic mass is 10.4. The summed E-state index contributed by atoms with van der Waals surface area (Å²) in [7, 11) is 0. The van der Waals surface area contributed by atoms with Gasteiger partial charge in [-0.3, -0.25) is 0 Å². The molecule has 0 aromatic rings. The van der Waals surface area contributed by atoms with Crippen molar-refractivity contribution < 1.29 is 0 Å². The van der Waals surface area contributed by atoms with Crippen LogP contribution in [0.1, 0.15) is 6.92 Å². The van der Waals surface area contributed by atoms with E-state index in [1.807, 2.05) is 13.1 Å². The highest BCUT2D eigenvalue weighted by molar-refractivity contribution is 5.01. The molecule has 0 fully saturated rings. The van der Waals surface area contributed by atoms with Crippen molar-refractivity contribution in [3.8, 4) is 0 Å². The normalized spacial score (nSPS) is 19.8. The fourth-order valence-corrected chi connectivity index (χ4v) is 0.372. The van der Waals surface area contributed by atoms with Gasteiger partial charge in [0.2, 0.25) is 0 Å². The molecule has 6 heavy (non-hydrogen) atoms. The van der Waals surface area contributed by atoms with Gasteiger partial charge in [-0.25, -0.2) is 10.9 Å². The van der Waals surface area contributed by atoms with Gasteiger partial charge in [-0.1, -0.05) is 0 Å². The van der Waals surface area contributed by atoms with Gasteiger partial charge in [0.25, 0.3) is 0 Å². The Hall–Kier alpha value is -0.500. The summed E-state index contributed by atoms with van der Waals surface area (Å²) in [5, 5.41) is 0. The van der Waals surface area contributed by atoms with Gasteiger partial charge in [-0.15, -0.1) is 0 Å². The fourth-order valence-electron chi connectivity index (χ4n) is 0.372. The molecular weight excluding hydrogens is 76.1 g/mol. The molecule has 1 radical (unpaired) electrons. The fraction of sp³-hybridized carbons (Fsp3) is 0.500. The van der Waals surface area contributed by atoms with Crippen LogP contribution in [-0.4, -0.2) is 6.54 Å². The predicted octanol–water partition coefficient (Wildman–Crippen LogP) is 0.0128. The van der Waals surface area contributed by atoms with E-state index >= 15 is 0 Å². The van der Waals surface area contributed by atoms with Crippen LogP contribution < -0.4 is 10.9 Å². The summed E-state index contributed by atoms with van der Waals surface area (Å²) < 4.78 is 0. The second-order valence-electron chi connectivity index (χ2n) is 1.44. The molecule has 0 aliphatic carbocycles. The Morgan fingerprint density at radius 3 is 3.00 bits per heavy atom. The number of nitrogens with zero attached hydrogens (tertiary/aromatic N) is 1. The van der Waals surface area contributed by atoms with Crippen molar-refractivity contribution in [1.29, 1.82) is 0 Å². The molecular formula is C4H7N2. The molecule has 0 aromatic heterocycles. The van der Waals surface area contributed by atoms with Gasteiger partial charge in [-0.2, -0.15) is 0 Å². The number of hydrogen-bond acceptors (Lipinski definition) is 1. The van der Waals surface area contributed by atoms with E-state index in [4.69, 9.17) is 0 Å². The summed E-state index contributed by atoms with van der Waals surface area (Å²) in [6.07, 6.45) is 1.83. The Kier molecular flexibility index (Phi) is 0.801. The van der Waals surface area contributed by atoms with Crippen molar-refractivity contribution in [2.75, 3.05) is 6.54 Å². The third-order valence-corrected chi connectivity index (χ3v) is 0.734. The Morgan fingerprint density at radius 2 is 2.83 bits per heavy atom. The van der Waals surface area contributed by atoms with Gasteiger partial charge >= 0.3 is 0 Å². The van der Waals surface area contributed by atoms with Gasteiger partial charge < -0.3 is 0 Å². The van der Waals surface area contributed by atoms with Crippen molar-refractivity contribution in [3.05, 3.63) is 11.8 Å². The van der Waals surface area contributed by atoms with E-state index in [0.717, 1.165) is 6.54 Å². The second-order valence-corrected chi connectivity index (χ2v) is 1.44. The molecule has 1 rings (SSSR count). The minimum atomic E-state index is 0.931. The van der Waals surface area contributed by atoms with Crippen molar-refractivity contribution >= 4 is 0 Å². The molecule has 1 aliphatic heterocycles. The summed E-state index contributed by atoms with van der Waals surface area (Å²) in [6, 6.07) is 0. The van der Waals surface area contributed by atoms with Crippen LogP contribution in [0.15, 0.2) is 11.8 Å². The van der Waals surface area contributed by atoms with Crippen molar-refractivity contribution in [1.82, 2.24) is 10.9 Å². The molecule has 1 N–H and O–H groups in total. The lowest BCUT2D eigenvalue weighted by molar-refractivity contribution is 0.708. The highest BCUT2D eigenvalue weighted by Crippen LogP contribution is 1.90. The topological polar surface area (TPSA) is 26.1 Å². The Bertz CT molecular complexity index is 75.6. The zero-order valence-electron chi connectivity index (χ0n) is 3.73. The van der Waals surface area contributed by atoms with Crippen LogP contribution in [0.25, 0.3) is 0 Å². The molecule has 1 aliphatic rings. The van der Waals surface area contributed by atoms with Gasteiger partial charge in [-0.05, 0) is 12.5 Å². The Balaban J connectivity index is 2.45. The zero-order valence-corrected chi connectivity index (χ0v) is 3.73. The van der Waals surface area contributed by atoms with Crippen LogP contribution in [0.5, 0.6) is 0 Å². The largest absolute Gasteiger partial charge is 0.210 e. The third kappa shape index (κ3) is 0.518. The maximum Gasteiger partial charge on any atom is 0.0415 e. The predicted molar refractivity (Wildman–Crippen MR) is 23.9 cm³/mol. The number of hydrogen-bond donors (Lipinski definition) is 1. The summed E-state index contributed by atoms with van der Waals surface area (Å²) in [6.45, 7) is 2.98. The minimum absolute atomic E-state index is 0.931. The SMILES string of the molecule is CC1=C[N]NC1. The molecule has 0 saturated heterocycles. The van der Waals surface area contributed by atoms with Crippen LogP contribution >= 0.6 is 0 Å². The summed E-state index contributed by atoms with van der Waals surface area (Å²) in [5.74, 6) is 0. The molecule has 33 valence electrons. The zero-order chi connectivity index (χ0) is 4.41. The Labute approximate surface area is 37.2 Å². The molecule has 0 aromatic carbocycles. The first-order valence-corrected chi connectivity index (χ1v) is 1.98. The molecule has 2 heteroatoms. The molecule has 0 bridgehead atoms. The Morgan fingerprint density at radius 1 is 2.00 bits per heavy atom. The lowest BCUT2D eigenvalue weighted by Gasteiger charge is -1.81. The van der Waals surface area contributed by atoms with Crippen LogP contribution in [0.3, 0.4) is 0 Å². The first-order chi connectivity index (χ1) is 2.89. The molecule has 0 unspecified atom stereocenters. The molecule has 0 saturated carbocycles. The van der Waals surface area contributed by atoms with Gasteiger partial charge in [0.1, 0.15) is 0 Å². The summed E-state index contributed by atoms with van der Waals surface area (Å²) in [5.41, 5.74) is 7.86. The molecule has 1 heterocycles.